The van der Waals surface area contributed by atoms with Gasteiger partial charge in [0.2, 0.25) is 0 Å². The highest BCUT2D eigenvalue weighted by atomic mass is 19.1. The number of rotatable bonds is 7. The first-order valence-electron chi connectivity index (χ1n) is 7.08. The van der Waals surface area contributed by atoms with Crippen LogP contribution in [0.3, 0.4) is 0 Å². The third kappa shape index (κ3) is 3.25. The lowest BCUT2D eigenvalue weighted by molar-refractivity contribution is 0.300. The van der Waals surface area contributed by atoms with Gasteiger partial charge in [-0.15, -0.1) is 0 Å². The van der Waals surface area contributed by atoms with Crippen molar-refractivity contribution in [3.63, 3.8) is 0 Å². The van der Waals surface area contributed by atoms with Gasteiger partial charge in [0.05, 0.1) is 12.3 Å². The zero-order valence-corrected chi connectivity index (χ0v) is 11.7. The van der Waals surface area contributed by atoms with Crippen molar-refractivity contribution >= 4 is 5.69 Å². The third-order valence-corrected chi connectivity index (χ3v) is 3.61. The first kappa shape index (κ1) is 14.3. The summed E-state index contributed by atoms with van der Waals surface area (Å²) in [5, 5.41) is 12.5. The zero-order chi connectivity index (χ0) is 13.8. The fraction of sp³-hybridized carbons (Fsp3) is 0.600. The predicted octanol–water partition coefficient (Wildman–Crippen LogP) is 2.46. The average Bonchev–Trinajstić information content (AvgIpc) is 3.21. The lowest BCUT2D eigenvalue weighted by Gasteiger charge is -2.29. The molecule has 106 valence electrons. The molecule has 1 unspecified atom stereocenters. The Morgan fingerprint density at radius 1 is 1.47 bits per heavy atom. The molecule has 1 saturated carbocycles. The quantitative estimate of drug-likeness (QED) is 0.796. The van der Waals surface area contributed by atoms with E-state index in [1.165, 1.54) is 6.07 Å². The van der Waals surface area contributed by atoms with E-state index >= 15 is 0 Å². The largest absolute Gasteiger partial charge is 0.395 e. The normalized spacial score (nSPS) is 16.4. The van der Waals surface area contributed by atoms with Crippen molar-refractivity contribution in [1.82, 2.24) is 5.32 Å². The molecule has 1 fully saturated rings. The van der Waals surface area contributed by atoms with Crippen LogP contribution in [0.1, 0.15) is 38.3 Å². The first-order chi connectivity index (χ1) is 9.19. The molecule has 0 aliphatic heterocycles. The highest BCUT2D eigenvalue weighted by Crippen LogP contribution is 2.37. The van der Waals surface area contributed by atoms with Crippen LogP contribution in [0.5, 0.6) is 0 Å². The van der Waals surface area contributed by atoms with E-state index in [-0.39, 0.29) is 18.5 Å². The number of nitrogens with one attached hydrogen (secondary N) is 1. The Balaban J connectivity index is 2.35. The molecule has 0 aromatic heterocycles. The molecule has 0 heterocycles. The van der Waals surface area contributed by atoms with E-state index in [4.69, 9.17) is 0 Å². The summed E-state index contributed by atoms with van der Waals surface area (Å²) in [6.07, 6.45) is 2.17. The van der Waals surface area contributed by atoms with Gasteiger partial charge in [0, 0.05) is 18.6 Å². The van der Waals surface area contributed by atoms with Crippen LogP contribution in [0.4, 0.5) is 10.1 Å². The molecule has 19 heavy (non-hydrogen) atoms. The molecule has 0 bridgehead atoms. The fourth-order valence-corrected chi connectivity index (χ4v) is 2.57. The summed E-state index contributed by atoms with van der Waals surface area (Å²) in [6, 6.07) is 5.72. The van der Waals surface area contributed by atoms with Gasteiger partial charge in [0.25, 0.3) is 0 Å². The zero-order valence-electron chi connectivity index (χ0n) is 11.7. The van der Waals surface area contributed by atoms with Crippen molar-refractivity contribution in [3.05, 3.63) is 29.6 Å². The summed E-state index contributed by atoms with van der Waals surface area (Å²) in [7, 11) is 0. The van der Waals surface area contributed by atoms with Gasteiger partial charge in [-0.25, -0.2) is 4.39 Å². The minimum absolute atomic E-state index is 0.0554. The number of aliphatic hydroxyl groups is 1. The van der Waals surface area contributed by atoms with E-state index in [0.29, 0.717) is 18.3 Å². The predicted molar refractivity (Wildman–Crippen MR) is 75.9 cm³/mol. The topological polar surface area (TPSA) is 35.5 Å². The second kappa shape index (κ2) is 6.35. The second-order valence-electron chi connectivity index (χ2n) is 5.11. The molecule has 1 atom stereocenters. The van der Waals surface area contributed by atoms with Crippen LogP contribution in [0, 0.1) is 5.82 Å². The number of anilines is 1. The van der Waals surface area contributed by atoms with Crippen LogP contribution in [0.15, 0.2) is 18.2 Å². The number of hydrogen-bond donors (Lipinski definition) is 2. The maximum Gasteiger partial charge on any atom is 0.146 e. The Morgan fingerprint density at radius 2 is 2.21 bits per heavy atom. The smallest absolute Gasteiger partial charge is 0.146 e. The van der Waals surface area contributed by atoms with Crippen LogP contribution in [0.2, 0.25) is 0 Å². The minimum atomic E-state index is -0.192. The van der Waals surface area contributed by atoms with Gasteiger partial charge in [-0.3, -0.25) is 0 Å². The minimum Gasteiger partial charge on any atom is -0.395 e. The summed E-state index contributed by atoms with van der Waals surface area (Å²) >= 11 is 0. The number of nitrogens with zero attached hydrogens (tertiary/aromatic N) is 1. The number of hydrogen-bond acceptors (Lipinski definition) is 3. The first-order valence-corrected chi connectivity index (χ1v) is 7.08. The summed E-state index contributed by atoms with van der Waals surface area (Å²) in [6.45, 7) is 5.49. The number of halogens is 1. The van der Waals surface area contributed by atoms with Gasteiger partial charge in [0.15, 0.2) is 0 Å². The lowest BCUT2D eigenvalue weighted by atomic mass is 10.0. The van der Waals surface area contributed by atoms with Crippen LogP contribution >= 0.6 is 0 Å². The van der Waals surface area contributed by atoms with Gasteiger partial charge >= 0.3 is 0 Å². The van der Waals surface area contributed by atoms with Crippen molar-refractivity contribution in [2.45, 2.75) is 38.8 Å². The molecule has 0 radical (unpaired) electrons. The Morgan fingerprint density at radius 3 is 2.79 bits per heavy atom. The number of benzene rings is 1. The molecule has 1 aliphatic carbocycles. The second-order valence-corrected chi connectivity index (χ2v) is 5.11. The maximum absolute atomic E-state index is 14.3. The van der Waals surface area contributed by atoms with Crippen LogP contribution < -0.4 is 10.2 Å². The van der Waals surface area contributed by atoms with Crippen molar-refractivity contribution in [3.8, 4) is 0 Å². The highest BCUT2D eigenvalue weighted by molar-refractivity contribution is 5.57. The molecule has 1 aliphatic rings. The fourth-order valence-electron chi connectivity index (χ4n) is 2.57. The lowest BCUT2D eigenvalue weighted by Crippen LogP contribution is -2.32. The van der Waals surface area contributed by atoms with Crippen LogP contribution in [0.25, 0.3) is 0 Å². The summed E-state index contributed by atoms with van der Waals surface area (Å²) < 4.78 is 14.3. The molecule has 0 amide bonds. The summed E-state index contributed by atoms with van der Waals surface area (Å²) in [4.78, 5) is 2.03. The molecule has 4 heteroatoms. The van der Waals surface area contributed by atoms with E-state index in [1.807, 2.05) is 24.8 Å². The average molecular weight is 266 g/mol. The van der Waals surface area contributed by atoms with Gasteiger partial charge in [-0.05, 0) is 37.9 Å². The van der Waals surface area contributed by atoms with Crippen LogP contribution in [-0.4, -0.2) is 30.8 Å². The van der Waals surface area contributed by atoms with Crippen LogP contribution in [-0.2, 0) is 0 Å². The Hall–Kier alpha value is -1.13. The van der Waals surface area contributed by atoms with Crippen molar-refractivity contribution < 1.29 is 9.50 Å². The molecular weight excluding hydrogens is 243 g/mol. The van der Waals surface area contributed by atoms with Crippen molar-refractivity contribution in [2.24, 2.45) is 0 Å². The molecule has 3 nitrogen and oxygen atoms in total. The third-order valence-electron chi connectivity index (χ3n) is 3.61. The van der Waals surface area contributed by atoms with Gasteiger partial charge in [-0.1, -0.05) is 19.1 Å². The Labute approximate surface area is 114 Å². The van der Waals surface area contributed by atoms with Gasteiger partial charge in [-0.2, -0.15) is 0 Å². The van der Waals surface area contributed by atoms with E-state index in [0.717, 1.165) is 24.9 Å². The molecule has 1 aromatic rings. The SMILES string of the molecule is CCNC(C)c1cccc(F)c1N(CCO)C1CC1. The molecule has 2 N–H and O–H groups in total. The van der Waals surface area contributed by atoms with Crippen molar-refractivity contribution in [2.75, 3.05) is 24.6 Å². The van der Waals surface area contributed by atoms with E-state index in [1.54, 1.807) is 6.07 Å². The Kier molecular flexibility index (Phi) is 4.77. The number of para-hydroxylation sites is 1. The highest BCUT2D eigenvalue weighted by Gasteiger charge is 2.32. The van der Waals surface area contributed by atoms with E-state index in [2.05, 4.69) is 5.32 Å². The summed E-state index contributed by atoms with van der Waals surface area (Å²) in [5.41, 5.74) is 1.63. The Bertz CT molecular complexity index is 421. The van der Waals surface area contributed by atoms with Gasteiger partial charge < -0.3 is 15.3 Å². The van der Waals surface area contributed by atoms with E-state index in [9.17, 15) is 9.50 Å². The molecule has 0 saturated heterocycles. The number of aliphatic hydroxyl groups excluding tert-OH is 1. The molecule has 1 aromatic carbocycles. The van der Waals surface area contributed by atoms with Crippen molar-refractivity contribution in [1.29, 1.82) is 0 Å². The summed E-state index contributed by atoms with van der Waals surface area (Å²) in [5.74, 6) is -0.192. The van der Waals surface area contributed by atoms with E-state index < -0.39 is 0 Å². The molecular formula is C15H23FN2O. The van der Waals surface area contributed by atoms with Gasteiger partial charge in [0.1, 0.15) is 5.82 Å². The molecule has 2 rings (SSSR count). The standard InChI is InChI=1S/C15H23FN2O/c1-3-17-11(2)13-5-4-6-14(16)15(13)18(9-10-19)12-7-8-12/h4-6,11-12,17,19H,3,7-10H2,1-2H3. The monoisotopic (exact) mass is 266 g/mol. The maximum atomic E-state index is 14.3. The molecule has 0 spiro atoms.